The first-order chi connectivity index (χ1) is 8.40. The molecule has 1 fully saturated rings. The number of rotatable bonds is 5. The minimum absolute atomic E-state index is 0.0493. The zero-order valence-electron chi connectivity index (χ0n) is 11.4. The zero-order valence-corrected chi connectivity index (χ0v) is 11.4. The van der Waals surface area contributed by atoms with Gasteiger partial charge in [0.15, 0.2) is 0 Å². The highest BCUT2D eigenvalue weighted by Crippen LogP contribution is 2.23. The van der Waals surface area contributed by atoms with E-state index in [1.165, 1.54) is 0 Å². The molecule has 1 amide bonds. The van der Waals surface area contributed by atoms with Gasteiger partial charge in [0.2, 0.25) is 5.91 Å². The van der Waals surface area contributed by atoms with Crippen LogP contribution in [-0.4, -0.2) is 36.7 Å². The summed E-state index contributed by atoms with van der Waals surface area (Å²) in [5, 5.41) is 11.9. The van der Waals surface area contributed by atoms with Crippen molar-refractivity contribution in [2.75, 3.05) is 19.8 Å². The lowest BCUT2D eigenvalue weighted by atomic mass is 9.86. The standard InChI is InChI=1S/C13H23NO4/c1-4-13(3,12(16)17)8-14-11(15)10-5-6-18-7-9(10)2/h9-10H,4-8H2,1-3H3,(H,14,15)(H,16,17). The molecule has 0 aromatic heterocycles. The molecule has 0 aromatic rings. The van der Waals surface area contributed by atoms with Gasteiger partial charge in [0.1, 0.15) is 0 Å². The highest BCUT2D eigenvalue weighted by molar-refractivity contribution is 5.80. The van der Waals surface area contributed by atoms with Crippen LogP contribution in [0.4, 0.5) is 0 Å². The van der Waals surface area contributed by atoms with Gasteiger partial charge in [-0.05, 0) is 25.7 Å². The van der Waals surface area contributed by atoms with Gasteiger partial charge in [-0.3, -0.25) is 9.59 Å². The molecule has 0 aliphatic carbocycles. The molecule has 2 N–H and O–H groups in total. The molecule has 0 radical (unpaired) electrons. The monoisotopic (exact) mass is 257 g/mol. The van der Waals surface area contributed by atoms with E-state index in [1.807, 2.05) is 13.8 Å². The van der Waals surface area contributed by atoms with Gasteiger partial charge < -0.3 is 15.2 Å². The quantitative estimate of drug-likeness (QED) is 0.778. The van der Waals surface area contributed by atoms with Gasteiger partial charge in [-0.25, -0.2) is 0 Å². The molecule has 3 unspecified atom stereocenters. The van der Waals surface area contributed by atoms with Gasteiger partial charge in [-0.1, -0.05) is 13.8 Å². The van der Waals surface area contributed by atoms with Gasteiger partial charge in [0.05, 0.1) is 5.41 Å². The van der Waals surface area contributed by atoms with Crippen LogP contribution in [0.3, 0.4) is 0 Å². The predicted molar refractivity (Wildman–Crippen MR) is 67.1 cm³/mol. The molecule has 5 heteroatoms. The maximum Gasteiger partial charge on any atom is 0.311 e. The number of aliphatic carboxylic acids is 1. The third-order valence-corrected chi connectivity index (χ3v) is 3.93. The summed E-state index contributed by atoms with van der Waals surface area (Å²) in [6, 6.07) is 0. The minimum Gasteiger partial charge on any atom is -0.481 e. The van der Waals surface area contributed by atoms with Crippen LogP contribution in [0, 0.1) is 17.3 Å². The van der Waals surface area contributed by atoms with E-state index >= 15 is 0 Å². The number of nitrogens with one attached hydrogen (secondary N) is 1. The predicted octanol–water partition coefficient (Wildman–Crippen LogP) is 1.28. The Balaban J connectivity index is 2.52. The van der Waals surface area contributed by atoms with E-state index in [0.29, 0.717) is 26.1 Å². The SMILES string of the molecule is CCC(C)(CNC(=O)C1CCOCC1C)C(=O)O. The van der Waals surface area contributed by atoms with Crippen molar-refractivity contribution in [2.24, 2.45) is 17.3 Å². The van der Waals surface area contributed by atoms with Gasteiger partial charge in [0, 0.05) is 25.7 Å². The Kier molecular flexibility index (Phi) is 5.14. The van der Waals surface area contributed by atoms with E-state index in [0.717, 1.165) is 0 Å². The third-order valence-electron chi connectivity index (χ3n) is 3.93. The van der Waals surface area contributed by atoms with Crippen LogP contribution in [0.5, 0.6) is 0 Å². The molecule has 0 aromatic carbocycles. The lowest BCUT2D eigenvalue weighted by Gasteiger charge is -2.30. The van der Waals surface area contributed by atoms with Crippen LogP contribution in [0.1, 0.15) is 33.6 Å². The zero-order chi connectivity index (χ0) is 13.8. The minimum atomic E-state index is -0.885. The van der Waals surface area contributed by atoms with Crippen molar-refractivity contribution < 1.29 is 19.4 Å². The van der Waals surface area contributed by atoms with Crippen LogP contribution in [0.2, 0.25) is 0 Å². The van der Waals surface area contributed by atoms with Crippen LogP contribution in [-0.2, 0) is 14.3 Å². The van der Waals surface area contributed by atoms with E-state index in [-0.39, 0.29) is 24.3 Å². The van der Waals surface area contributed by atoms with Crippen molar-refractivity contribution in [3.8, 4) is 0 Å². The van der Waals surface area contributed by atoms with Crippen LogP contribution in [0.15, 0.2) is 0 Å². The summed E-state index contributed by atoms with van der Waals surface area (Å²) in [5.41, 5.74) is -0.885. The number of carboxylic acids is 1. The Morgan fingerprint density at radius 2 is 2.17 bits per heavy atom. The Morgan fingerprint density at radius 1 is 1.50 bits per heavy atom. The van der Waals surface area contributed by atoms with Crippen LogP contribution < -0.4 is 5.32 Å². The van der Waals surface area contributed by atoms with Crippen molar-refractivity contribution in [1.29, 1.82) is 0 Å². The lowest BCUT2D eigenvalue weighted by molar-refractivity contribution is -0.148. The highest BCUT2D eigenvalue weighted by Gasteiger charge is 2.34. The van der Waals surface area contributed by atoms with E-state index in [9.17, 15) is 9.59 Å². The molecule has 1 aliphatic heterocycles. The number of carbonyl (C=O) groups excluding carboxylic acids is 1. The van der Waals surface area contributed by atoms with Gasteiger partial charge in [0.25, 0.3) is 0 Å². The molecule has 1 aliphatic rings. The van der Waals surface area contributed by atoms with E-state index in [2.05, 4.69) is 5.32 Å². The van der Waals surface area contributed by atoms with Crippen molar-refractivity contribution in [3.63, 3.8) is 0 Å². The second-order valence-electron chi connectivity index (χ2n) is 5.38. The van der Waals surface area contributed by atoms with Gasteiger partial charge in [-0.15, -0.1) is 0 Å². The Bertz CT molecular complexity index is 318. The first-order valence-electron chi connectivity index (χ1n) is 6.49. The summed E-state index contributed by atoms with van der Waals surface area (Å²) in [6.07, 6.45) is 1.20. The second kappa shape index (κ2) is 6.18. The number of ether oxygens (including phenoxy) is 1. The number of hydrogen-bond acceptors (Lipinski definition) is 3. The van der Waals surface area contributed by atoms with Gasteiger partial charge >= 0.3 is 5.97 Å². The first-order valence-corrected chi connectivity index (χ1v) is 6.49. The number of hydrogen-bond donors (Lipinski definition) is 2. The molecule has 0 spiro atoms. The third kappa shape index (κ3) is 3.45. The molecule has 104 valence electrons. The maximum absolute atomic E-state index is 12.0. The van der Waals surface area contributed by atoms with Crippen molar-refractivity contribution in [3.05, 3.63) is 0 Å². The van der Waals surface area contributed by atoms with Crippen molar-refractivity contribution in [1.82, 2.24) is 5.32 Å². The fourth-order valence-electron chi connectivity index (χ4n) is 2.03. The summed E-state index contributed by atoms with van der Waals surface area (Å²) in [6.45, 7) is 6.84. The normalized spacial score (nSPS) is 27.3. The smallest absolute Gasteiger partial charge is 0.311 e. The topological polar surface area (TPSA) is 75.6 Å². The number of carboxylic acid groups (broad SMARTS) is 1. The molecule has 1 heterocycles. The maximum atomic E-state index is 12.0. The Hall–Kier alpha value is -1.10. The molecule has 0 saturated carbocycles. The molecule has 18 heavy (non-hydrogen) atoms. The molecule has 1 saturated heterocycles. The molecular formula is C13H23NO4. The molecule has 5 nitrogen and oxygen atoms in total. The van der Waals surface area contributed by atoms with Crippen molar-refractivity contribution >= 4 is 11.9 Å². The fraction of sp³-hybridized carbons (Fsp3) is 0.846. The van der Waals surface area contributed by atoms with Crippen LogP contribution in [0.25, 0.3) is 0 Å². The van der Waals surface area contributed by atoms with Gasteiger partial charge in [-0.2, -0.15) is 0 Å². The summed E-state index contributed by atoms with van der Waals surface area (Å²) in [5.74, 6) is -0.790. The summed E-state index contributed by atoms with van der Waals surface area (Å²) in [7, 11) is 0. The number of amides is 1. The molecule has 3 atom stereocenters. The average Bonchev–Trinajstić information content (AvgIpc) is 2.35. The highest BCUT2D eigenvalue weighted by atomic mass is 16.5. The lowest BCUT2D eigenvalue weighted by Crippen LogP contribution is -2.45. The average molecular weight is 257 g/mol. The molecule has 1 rings (SSSR count). The Labute approximate surface area is 108 Å². The molecule has 0 bridgehead atoms. The first kappa shape index (κ1) is 15.0. The second-order valence-corrected chi connectivity index (χ2v) is 5.38. The van der Waals surface area contributed by atoms with E-state index in [1.54, 1.807) is 6.92 Å². The number of carbonyl (C=O) groups is 2. The summed E-state index contributed by atoms with van der Waals surface area (Å²) < 4.78 is 5.29. The van der Waals surface area contributed by atoms with E-state index < -0.39 is 11.4 Å². The largest absolute Gasteiger partial charge is 0.481 e. The van der Waals surface area contributed by atoms with Crippen molar-refractivity contribution in [2.45, 2.75) is 33.6 Å². The summed E-state index contributed by atoms with van der Waals surface area (Å²) >= 11 is 0. The fourth-order valence-corrected chi connectivity index (χ4v) is 2.03. The molecular weight excluding hydrogens is 234 g/mol. The Morgan fingerprint density at radius 3 is 2.67 bits per heavy atom. The van der Waals surface area contributed by atoms with Crippen LogP contribution >= 0.6 is 0 Å². The van der Waals surface area contributed by atoms with E-state index in [4.69, 9.17) is 9.84 Å². The summed E-state index contributed by atoms with van der Waals surface area (Å²) in [4.78, 5) is 23.2.